The molecule has 8 heteroatoms. The number of primary amides is 1. The van der Waals surface area contributed by atoms with E-state index in [1.54, 1.807) is 24.3 Å². The number of nitrogens with zero attached hydrogens (tertiary/aromatic N) is 4. The van der Waals surface area contributed by atoms with E-state index < -0.39 is 5.91 Å². The number of hydrogen-bond acceptors (Lipinski definition) is 5. The van der Waals surface area contributed by atoms with Crippen LogP contribution in [0.15, 0.2) is 24.3 Å². The van der Waals surface area contributed by atoms with Crippen molar-refractivity contribution in [3.8, 4) is 11.4 Å². The average molecular weight is 316 g/mol. The number of hydrogen-bond donors (Lipinski definition) is 2. The molecule has 0 aliphatic rings. The van der Waals surface area contributed by atoms with Crippen LogP contribution in [0.3, 0.4) is 0 Å². The number of carbonyl (C=O) groups is 2. The Morgan fingerprint density at radius 3 is 2.57 bits per heavy atom. The topological polar surface area (TPSA) is 116 Å². The molecule has 1 aromatic heterocycles. The smallest absolute Gasteiger partial charge is 0.248 e. The predicted octanol–water partition coefficient (Wildman–Crippen LogP) is 0.601. The highest BCUT2D eigenvalue weighted by molar-refractivity contribution is 5.93. The van der Waals surface area contributed by atoms with Gasteiger partial charge in [-0.1, -0.05) is 26.0 Å². The van der Waals surface area contributed by atoms with E-state index in [0.29, 0.717) is 29.4 Å². The third-order valence-corrected chi connectivity index (χ3v) is 3.21. The van der Waals surface area contributed by atoms with Gasteiger partial charge in [0.25, 0.3) is 0 Å². The fraction of sp³-hybridized carbons (Fsp3) is 0.400. The lowest BCUT2D eigenvalue weighted by atomic mass is 10.1. The summed E-state index contributed by atoms with van der Waals surface area (Å²) in [5, 5.41) is 14.7. The average Bonchev–Trinajstić information content (AvgIpc) is 2.95. The van der Waals surface area contributed by atoms with Crippen molar-refractivity contribution in [2.75, 3.05) is 6.54 Å². The van der Waals surface area contributed by atoms with E-state index in [1.807, 2.05) is 0 Å². The second-order valence-electron chi connectivity index (χ2n) is 5.62. The molecule has 0 unspecified atom stereocenters. The van der Waals surface area contributed by atoms with Gasteiger partial charge in [-0.05, 0) is 29.7 Å². The maximum absolute atomic E-state index is 11.8. The SMILES string of the molecule is CC(C)CCNC(=O)Cn1nnc(-c2ccc(C(N)=O)cc2)n1. The van der Waals surface area contributed by atoms with Gasteiger partial charge in [0, 0.05) is 17.7 Å². The molecular formula is C15H20N6O2. The van der Waals surface area contributed by atoms with E-state index in [-0.39, 0.29) is 12.5 Å². The molecule has 0 aliphatic heterocycles. The molecule has 0 bridgehead atoms. The zero-order valence-corrected chi connectivity index (χ0v) is 13.2. The Morgan fingerprint density at radius 1 is 1.26 bits per heavy atom. The zero-order chi connectivity index (χ0) is 16.8. The molecule has 0 saturated heterocycles. The molecule has 2 rings (SSSR count). The van der Waals surface area contributed by atoms with Crippen LogP contribution in [-0.2, 0) is 11.3 Å². The van der Waals surface area contributed by atoms with Crippen LogP contribution in [0.1, 0.15) is 30.6 Å². The second-order valence-corrected chi connectivity index (χ2v) is 5.62. The van der Waals surface area contributed by atoms with E-state index in [1.165, 1.54) is 4.80 Å². The minimum absolute atomic E-state index is 0.0183. The van der Waals surface area contributed by atoms with E-state index in [0.717, 1.165) is 6.42 Å². The van der Waals surface area contributed by atoms with Gasteiger partial charge in [-0.25, -0.2) is 0 Å². The Labute approximate surface area is 134 Å². The highest BCUT2D eigenvalue weighted by Crippen LogP contribution is 2.14. The maximum atomic E-state index is 11.8. The molecule has 0 saturated carbocycles. The maximum Gasteiger partial charge on any atom is 0.248 e. The first-order chi connectivity index (χ1) is 11.0. The van der Waals surface area contributed by atoms with Crippen LogP contribution in [0, 0.1) is 5.92 Å². The monoisotopic (exact) mass is 316 g/mol. The molecule has 0 fully saturated rings. The second kappa shape index (κ2) is 7.48. The number of carbonyl (C=O) groups excluding carboxylic acids is 2. The van der Waals surface area contributed by atoms with Gasteiger partial charge in [0.05, 0.1) is 0 Å². The van der Waals surface area contributed by atoms with Gasteiger partial charge in [0.1, 0.15) is 6.54 Å². The van der Waals surface area contributed by atoms with Gasteiger partial charge in [0.2, 0.25) is 17.6 Å². The first-order valence-electron chi connectivity index (χ1n) is 7.40. The molecule has 122 valence electrons. The number of rotatable bonds is 7. The van der Waals surface area contributed by atoms with Crippen molar-refractivity contribution in [2.24, 2.45) is 11.7 Å². The third-order valence-electron chi connectivity index (χ3n) is 3.21. The van der Waals surface area contributed by atoms with Gasteiger partial charge >= 0.3 is 0 Å². The van der Waals surface area contributed by atoms with Crippen molar-refractivity contribution in [3.63, 3.8) is 0 Å². The highest BCUT2D eigenvalue weighted by atomic mass is 16.2. The van der Waals surface area contributed by atoms with Crippen LogP contribution >= 0.6 is 0 Å². The van der Waals surface area contributed by atoms with Gasteiger partial charge in [0.15, 0.2) is 0 Å². The quantitative estimate of drug-likeness (QED) is 0.776. The summed E-state index contributed by atoms with van der Waals surface area (Å²) in [5.41, 5.74) is 6.29. The minimum Gasteiger partial charge on any atom is -0.366 e. The summed E-state index contributed by atoms with van der Waals surface area (Å²) in [7, 11) is 0. The van der Waals surface area contributed by atoms with Crippen LogP contribution in [0.5, 0.6) is 0 Å². The van der Waals surface area contributed by atoms with Crippen molar-refractivity contribution in [2.45, 2.75) is 26.8 Å². The van der Waals surface area contributed by atoms with Gasteiger partial charge in [-0.3, -0.25) is 9.59 Å². The highest BCUT2D eigenvalue weighted by Gasteiger charge is 2.10. The van der Waals surface area contributed by atoms with E-state index in [4.69, 9.17) is 5.73 Å². The summed E-state index contributed by atoms with van der Waals surface area (Å²) in [6.07, 6.45) is 0.925. The summed E-state index contributed by atoms with van der Waals surface area (Å²) >= 11 is 0. The Bertz CT molecular complexity index is 678. The molecule has 3 N–H and O–H groups in total. The van der Waals surface area contributed by atoms with Crippen molar-refractivity contribution in [1.82, 2.24) is 25.5 Å². The molecule has 2 amide bonds. The van der Waals surface area contributed by atoms with Crippen LogP contribution in [0.25, 0.3) is 11.4 Å². The Balaban J connectivity index is 1.95. The van der Waals surface area contributed by atoms with E-state index >= 15 is 0 Å². The molecule has 0 spiro atoms. The predicted molar refractivity (Wildman–Crippen MR) is 84.2 cm³/mol. The molecule has 1 heterocycles. The number of nitrogens with two attached hydrogens (primary N) is 1. The van der Waals surface area contributed by atoms with E-state index in [9.17, 15) is 9.59 Å². The summed E-state index contributed by atoms with van der Waals surface area (Å²) in [4.78, 5) is 24.0. The molecule has 1 aromatic carbocycles. The number of benzene rings is 1. The lowest BCUT2D eigenvalue weighted by Gasteiger charge is -2.06. The molecule has 0 atom stereocenters. The Hall–Kier alpha value is -2.77. The number of nitrogens with one attached hydrogen (secondary N) is 1. The normalized spacial score (nSPS) is 10.7. The molecule has 0 aliphatic carbocycles. The Kier molecular flexibility index (Phi) is 5.40. The lowest BCUT2D eigenvalue weighted by molar-refractivity contribution is -0.122. The van der Waals surface area contributed by atoms with Gasteiger partial charge < -0.3 is 11.1 Å². The first kappa shape index (κ1) is 16.6. The number of aromatic nitrogens is 4. The zero-order valence-electron chi connectivity index (χ0n) is 13.2. The summed E-state index contributed by atoms with van der Waals surface area (Å²) in [5.74, 6) is 0.274. The Morgan fingerprint density at radius 2 is 1.96 bits per heavy atom. The molecule has 8 nitrogen and oxygen atoms in total. The first-order valence-corrected chi connectivity index (χ1v) is 7.40. The molecule has 2 aromatic rings. The largest absolute Gasteiger partial charge is 0.366 e. The molecule has 0 radical (unpaired) electrons. The molecule has 23 heavy (non-hydrogen) atoms. The minimum atomic E-state index is -0.494. The molecular weight excluding hydrogens is 296 g/mol. The summed E-state index contributed by atoms with van der Waals surface area (Å²) in [6, 6.07) is 6.56. The summed E-state index contributed by atoms with van der Waals surface area (Å²) in [6.45, 7) is 4.85. The van der Waals surface area contributed by atoms with Gasteiger partial charge in [-0.15, -0.1) is 10.2 Å². The fourth-order valence-electron chi connectivity index (χ4n) is 1.89. The van der Waals surface area contributed by atoms with Crippen LogP contribution in [0.2, 0.25) is 0 Å². The third kappa shape index (κ3) is 4.87. The van der Waals surface area contributed by atoms with Crippen molar-refractivity contribution in [1.29, 1.82) is 0 Å². The van der Waals surface area contributed by atoms with Crippen molar-refractivity contribution < 1.29 is 9.59 Å². The number of tetrazole rings is 1. The van der Waals surface area contributed by atoms with Crippen molar-refractivity contribution in [3.05, 3.63) is 29.8 Å². The number of amides is 2. The van der Waals surface area contributed by atoms with Crippen molar-refractivity contribution >= 4 is 11.8 Å². The van der Waals surface area contributed by atoms with Crippen LogP contribution < -0.4 is 11.1 Å². The van der Waals surface area contributed by atoms with Crippen LogP contribution in [-0.4, -0.2) is 38.6 Å². The summed E-state index contributed by atoms with van der Waals surface area (Å²) < 4.78 is 0. The van der Waals surface area contributed by atoms with E-state index in [2.05, 4.69) is 34.6 Å². The fourth-order valence-corrected chi connectivity index (χ4v) is 1.89. The standard InChI is InChI=1S/C15H20N6O2/c1-10(2)7-8-17-13(22)9-21-19-15(18-20-21)12-5-3-11(4-6-12)14(16)23/h3-6,10H,7-9H2,1-2H3,(H2,16,23)(H,17,22). The van der Waals surface area contributed by atoms with Crippen LogP contribution in [0.4, 0.5) is 0 Å². The lowest BCUT2D eigenvalue weighted by Crippen LogP contribution is -2.29. The van der Waals surface area contributed by atoms with Gasteiger partial charge in [-0.2, -0.15) is 4.80 Å².